The lowest BCUT2D eigenvalue weighted by Crippen LogP contribution is -2.59. The SMILES string of the molecule is CO[C@H]1C[C@H](O[C@@H]2[C@@H](C)O[C@@H](O[C@@H]3[C@@H](C)O[C@@H](O[C@H]4[C@@H](O)C[C@H](O[C@@H]5[C@@H](C)O[C@@H](O[C@H]6CC[C@@]7(C)C(CC[C@@]89OC(C)[C@H]%10CCC(=O)[C@]%10(C)C(C[C@@H]87)O9)C6)C[C@H]5OC)O[C@@H]4C)C[C@H]3OC)C[C@H]2OC)O[C@H](C)[C@H]1O[C@H]1C[C@H](OC)[C@H](O[C@H]2C[C@@H](OC)[C@H](O)[C@@H](C)O2)[C@@H](C)O1. The number of hydrogen-bond donors (Lipinski definition) is 2. The topological polar surface area (TPSA) is 261 Å². The molecule has 3 aliphatic carbocycles. The van der Waals surface area contributed by atoms with Gasteiger partial charge in [-0.25, -0.2) is 0 Å². The zero-order valence-electron chi connectivity index (χ0n) is 58.5. The molecule has 0 aromatic carbocycles. The number of methoxy groups -OCH3 is 6. The standard InChI is InChI=1S/C69H114O25/c1-32-42-17-18-51(71)68(42,10)52-31-50-67(9)21-20-41(23-40(67)19-22-69(50,93-32)94-52)86-54-26-45(74-12)62(35(4)81-54)88-53-24-43(70)61(34(3)80-53)87-56-27-46(75-13)64(36(5)82-56)90-58-29-48(77-15)66(38(7)84-58)92-59-30-49(78-16)65(39(8)85-59)91-57-28-47(76-14)63(37(6)83-57)89-55-25-44(73-11)60(72)33(2)79-55/h32-50,52-66,70,72H,17-31H2,1-16H3/t32?,33-,34-,35-,36-,37-,38-,39-,40?,41+,42-,43+,44-,45-,46-,47+,48-,49+,50-,52?,53+,54+,55+,56+,57+,58+,59+,60-,61-,62-,63-,64-,65-,66-,67+,68-,69+/m1/s1. The minimum Gasteiger partial charge on any atom is -0.390 e. The summed E-state index contributed by atoms with van der Waals surface area (Å²) in [4.78, 5) is 13.5. The summed E-state index contributed by atoms with van der Waals surface area (Å²) in [6.07, 6.45) is -5.67. The predicted molar refractivity (Wildman–Crippen MR) is 330 cm³/mol. The Morgan fingerprint density at radius 3 is 1.18 bits per heavy atom. The van der Waals surface area contributed by atoms with Gasteiger partial charge in [-0.05, 0) is 112 Å². The van der Waals surface area contributed by atoms with Crippen LogP contribution >= 0.6 is 0 Å². The smallest absolute Gasteiger partial charge is 0.172 e. The van der Waals surface area contributed by atoms with E-state index in [1.54, 1.807) is 49.6 Å². The summed E-state index contributed by atoms with van der Waals surface area (Å²) in [5, 5.41) is 22.2. The highest BCUT2D eigenvalue weighted by Gasteiger charge is 2.70. The Hall–Kier alpha value is -1.29. The molecule has 0 amide bonds. The summed E-state index contributed by atoms with van der Waals surface area (Å²) in [6.45, 7) is 20.1. The van der Waals surface area contributed by atoms with E-state index in [2.05, 4.69) is 20.8 Å². The summed E-state index contributed by atoms with van der Waals surface area (Å²) in [5.41, 5.74) is -0.469. The van der Waals surface area contributed by atoms with Gasteiger partial charge in [-0.15, -0.1) is 0 Å². The van der Waals surface area contributed by atoms with E-state index in [9.17, 15) is 15.0 Å². The van der Waals surface area contributed by atoms with E-state index in [0.29, 0.717) is 56.6 Å². The highest BCUT2D eigenvalue weighted by Crippen LogP contribution is 2.67. The Labute approximate surface area is 556 Å². The zero-order chi connectivity index (χ0) is 66.9. The number of aliphatic hydroxyl groups excluding tert-OH is 2. The normalized spacial score (nSPS) is 54.0. The van der Waals surface area contributed by atoms with Crippen molar-refractivity contribution in [2.24, 2.45) is 28.6 Å². The Morgan fingerprint density at radius 2 is 0.766 bits per heavy atom. The van der Waals surface area contributed by atoms with Crippen LogP contribution in [0.1, 0.15) is 166 Å². The lowest BCUT2D eigenvalue weighted by Gasteiger charge is -2.57. The Balaban J connectivity index is 0.575. The van der Waals surface area contributed by atoms with Crippen molar-refractivity contribution in [1.82, 2.24) is 0 Å². The van der Waals surface area contributed by atoms with Crippen LogP contribution < -0.4 is 0 Å². The fraction of sp³-hybridized carbons (Fsp3) is 0.986. The van der Waals surface area contributed by atoms with Crippen LogP contribution in [-0.4, -0.2) is 255 Å². The van der Waals surface area contributed by atoms with Crippen molar-refractivity contribution in [3.05, 3.63) is 0 Å². The van der Waals surface area contributed by atoms with Crippen LogP contribution in [0.3, 0.4) is 0 Å². The van der Waals surface area contributed by atoms with E-state index >= 15 is 0 Å². The molecule has 2 N–H and O–H groups in total. The quantitative estimate of drug-likeness (QED) is 0.123. The van der Waals surface area contributed by atoms with E-state index in [0.717, 1.165) is 44.9 Å². The molecule has 37 atom stereocenters. The molecule has 540 valence electrons. The van der Waals surface area contributed by atoms with Gasteiger partial charge in [0, 0.05) is 112 Å². The van der Waals surface area contributed by atoms with E-state index in [1.807, 2.05) is 41.5 Å². The molecule has 3 unspecified atom stereocenters. The maximum Gasteiger partial charge on any atom is 0.172 e. The van der Waals surface area contributed by atoms with Gasteiger partial charge in [0.25, 0.3) is 0 Å². The molecule has 12 fully saturated rings. The third kappa shape index (κ3) is 14.3. The number of ketones is 1. The number of carbonyl (C=O) groups is 1. The molecule has 0 radical (unpaired) electrons. The van der Waals surface area contributed by atoms with Gasteiger partial charge in [0.05, 0.1) is 109 Å². The minimum absolute atomic E-state index is 0.0140. The Bertz CT molecular complexity index is 2460. The largest absolute Gasteiger partial charge is 0.390 e. The van der Waals surface area contributed by atoms with Crippen molar-refractivity contribution >= 4 is 5.78 Å². The molecule has 2 bridgehead atoms. The average Bonchev–Trinajstić information content (AvgIpc) is 1.64. The van der Waals surface area contributed by atoms with Crippen LogP contribution in [0.2, 0.25) is 0 Å². The lowest BCUT2D eigenvalue weighted by atomic mass is 9.52. The Morgan fingerprint density at radius 1 is 0.394 bits per heavy atom. The van der Waals surface area contributed by atoms with Gasteiger partial charge in [0.1, 0.15) is 48.5 Å². The second kappa shape index (κ2) is 30.0. The lowest BCUT2D eigenvalue weighted by molar-refractivity contribution is -0.356. The van der Waals surface area contributed by atoms with Crippen LogP contribution in [0.4, 0.5) is 0 Å². The van der Waals surface area contributed by atoms with Gasteiger partial charge >= 0.3 is 0 Å². The van der Waals surface area contributed by atoms with Crippen LogP contribution in [-0.2, 0) is 109 Å². The van der Waals surface area contributed by atoms with Crippen LogP contribution in [0.25, 0.3) is 0 Å². The second-order valence-electron chi connectivity index (χ2n) is 30.0. The van der Waals surface area contributed by atoms with Gasteiger partial charge in [0.2, 0.25) is 0 Å². The molecule has 94 heavy (non-hydrogen) atoms. The first-order valence-electron chi connectivity index (χ1n) is 35.5. The van der Waals surface area contributed by atoms with Gasteiger partial charge in [-0.3, -0.25) is 4.79 Å². The first-order valence-corrected chi connectivity index (χ1v) is 35.5. The summed E-state index contributed by atoms with van der Waals surface area (Å²) in [5.74, 6) is 0.592. The number of fused-ring (bicyclic) bond motifs is 5. The number of carbonyl (C=O) groups excluding carboxylic acids is 1. The predicted octanol–water partition coefficient (Wildman–Crippen LogP) is 6.54. The van der Waals surface area contributed by atoms with Crippen molar-refractivity contribution in [2.45, 2.75) is 362 Å². The monoisotopic (exact) mass is 1340 g/mol. The fourth-order valence-corrected chi connectivity index (χ4v) is 19.2. The number of hydrogen-bond acceptors (Lipinski definition) is 25. The maximum atomic E-state index is 13.5. The fourth-order valence-electron chi connectivity index (χ4n) is 19.2. The number of Topliss-reactive ketones (excluding diaryl/α,β-unsaturated/α-hetero) is 1. The maximum absolute atomic E-state index is 13.5. The minimum atomic E-state index is -0.934. The molecule has 25 heteroatoms. The molecule has 3 saturated carbocycles. The molecule has 9 heterocycles. The Kier molecular flexibility index (Phi) is 23.1. The van der Waals surface area contributed by atoms with E-state index in [-0.39, 0.29) is 60.3 Å². The number of ether oxygens (including phenoxy) is 22. The van der Waals surface area contributed by atoms with Crippen LogP contribution in [0, 0.1) is 28.6 Å². The number of aliphatic hydroxyl groups is 2. The molecule has 9 saturated heterocycles. The van der Waals surface area contributed by atoms with Crippen molar-refractivity contribution in [3.8, 4) is 0 Å². The molecule has 9 aliphatic heterocycles. The van der Waals surface area contributed by atoms with Crippen LogP contribution in [0.5, 0.6) is 0 Å². The highest BCUT2D eigenvalue weighted by atomic mass is 16.8. The molecule has 1 spiro atoms. The van der Waals surface area contributed by atoms with Crippen molar-refractivity contribution in [2.75, 3.05) is 42.7 Å². The van der Waals surface area contributed by atoms with Crippen molar-refractivity contribution < 1.29 is 119 Å². The van der Waals surface area contributed by atoms with Gasteiger partial charge in [-0.2, -0.15) is 0 Å². The van der Waals surface area contributed by atoms with Crippen molar-refractivity contribution in [1.29, 1.82) is 0 Å². The third-order valence-electron chi connectivity index (χ3n) is 24.5. The second-order valence-corrected chi connectivity index (χ2v) is 30.0. The van der Waals surface area contributed by atoms with Crippen molar-refractivity contribution in [3.63, 3.8) is 0 Å². The summed E-state index contributed by atoms with van der Waals surface area (Å²) < 4.78 is 141. The molecule has 12 rings (SSSR count). The molecule has 0 aromatic heterocycles. The first kappa shape index (κ1) is 72.5. The van der Waals surface area contributed by atoms with Crippen LogP contribution in [0.15, 0.2) is 0 Å². The average molecular weight is 1340 g/mol. The zero-order valence-corrected chi connectivity index (χ0v) is 58.5. The van der Waals surface area contributed by atoms with E-state index in [4.69, 9.17) is 104 Å². The molecule has 25 nitrogen and oxygen atoms in total. The summed E-state index contributed by atoms with van der Waals surface area (Å²) in [7, 11) is 9.83. The number of rotatable bonds is 20. The third-order valence-corrected chi connectivity index (χ3v) is 24.5. The highest BCUT2D eigenvalue weighted by molar-refractivity contribution is 5.88. The molecular formula is C69H114O25. The molecule has 0 aromatic rings. The summed E-state index contributed by atoms with van der Waals surface area (Å²) >= 11 is 0. The molecule has 12 aliphatic rings. The molecular weight excluding hydrogens is 1230 g/mol. The van der Waals surface area contributed by atoms with E-state index < -0.39 is 165 Å². The summed E-state index contributed by atoms with van der Waals surface area (Å²) in [6, 6.07) is 0. The first-order chi connectivity index (χ1) is 44.9. The van der Waals surface area contributed by atoms with E-state index in [1.165, 1.54) is 0 Å². The van der Waals surface area contributed by atoms with Gasteiger partial charge in [0.15, 0.2) is 49.8 Å². The van der Waals surface area contributed by atoms with Gasteiger partial charge in [-0.1, -0.05) is 6.92 Å². The van der Waals surface area contributed by atoms with Gasteiger partial charge < -0.3 is 114 Å².